The Labute approximate surface area is 213 Å². The Morgan fingerprint density at radius 1 is 1.08 bits per heavy atom. The van der Waals surface area contributed by atoms with Gasteiger partial charge >= 0.3 is 6.18 Å². The Balaban J connectivity index is 1.51. The summed E-state index contributed by atoms with van der Waals surface area (Å²) in [5, 5.41) is 7.22. The van der Waals surface area contributed by atoms with Crippen LogP contribution in [0.3, 0.4) is 0 Å². The highest BCUT2D eigenvalue weighted by Crippen LogP contribution is 2.50. The smallest absolute Gasteiger partial charge is 0.374 e. The third-order valence-electron chi connectivity index (χ3n) is 6.07. The van der Waals surface area contributed by atoms with Crippen molar-refractivity contribution in [1.29, 1.82) is 0 Å². The summed E-state index contributed by atoms with van der Waals surface area (Å²) >= 11 is 11.9. The van der Waals surface area contributed by atoms with Crippen LogP contribution in [0.15, 0.2) is 53.8 Å². The first-order chi connectivity index (χ1) is 16.9. The van der Waals surface area contributed by atoms with E-state index in [4.69, 9.17) is 28.0 Å². The van der Waals surface area contributed by atoms with E-state index in [1.54, 1.807) is 24.3 Å². The Kier molecular flexibility index (Phi) is 5.92. The molecule has 1 N–H and O–H groups in total. The number of rotatable bonds is 4. The maximum Gasteiger partial charge on any atom is 0.435 e. The van der Waals surface area contributed by atoms with Crippen molar-refractivity contribution in [3.8, 4) is 0 Å². The molecule has 2 aliphatic rings. The number of benzene rings is 2. The zero-order chi connectivity index (χ0) is 25.9. The number of pyridine rings is 1. The number of oxime groups is 1. The number of nitrogens with zero attached hydrogens (tertiary/aromatic N) is 2. The molecular weight excluding hydrogens is 542 g/mol. The Morgan fingerprint density at radius 3 is 2.33 bits per heavy atom. The maximum atomic E-state index is 14.4. The number of hydrogen-bond donors (Lipinski definition) is 1. The molecule has 1 fully saturated rings. The van der Waals surface area contributed by atoms with Gasteiger partial charge in [-0.1, -0.05) is 52.6 Å². The van der Waals surface area contributed by atoms with E-state index in [9.17, 15) is 26.4 Å². The molecule has 0 saturated carbocycles. The topological polar surface area (TPSA) is 97.7 Å². The fourth-order valence-electron chi connectivity index (χ4n) is 4.33. The fourth-order valence-corrected chi connectivity index (χ4v) is 6.15. The number of carbonyl (C=O) groups is 1. The first-order valence-corrected chi connectivity index (χ1v) is 13.1. The van der Waals surface area contributed by atoms with Crippen molar-refractivity contribution < 1.29 is 31.2 Å². The normalized spacial score (nSPS) is 21.5. The molecule has 0 aliphatic carbocycles. The lowest BCUT2D eigenvalue weighted by molar-refractivity contribution is -0.275. The molecule has 13 heteroatoms. The predicted molar refractivity (Wildman–Crippen MR) is 128 cm³/mol. The van der Waals surface area contributed by atoms with E-state index in [1.807, 2.05) is 0 Å². The number of alkyl halides is 3. The molecule has 1 unspecified atom stereocenters. The molecule has 36 heavy (non-hydrogen) atoms. The lowest BCUT2D eigenvalue weighted by atomic mass is 9.86. The van der Waals surface area contributed by atoms with Crippen LogP contribution in [0.4, 0.5) is 13.2 Å². The zero-order valence-corrected chi connectivity index (χ0v) is 20.5. The number of aromatic nitrogens is 1. The van der Waals surface area contributed by atoms with Gasteiger partial charge in [0, 0.05) is 27.2 Å². The minimum absolute atomic E-state index is 0.0105. The molecular formula is C23H16Cl2F3N3O4S. The monoisotopic (exact) mass is 557 g/mol. The highest BCUT2D eigenvalue weighted by atomic mass is 35.5. The predicted octanol–water partition coefficient (Wildman–Crippen LogP) is 4.65. The van der Waals surface area contributed by atoms with Crippen LogP contribution < -0.4 is 5.32 Å². The van der Waals surface area contributed by atoms with Gasteiger partial charge in [0.25, 0.3) is 11.5 Å². The number of nitrogens with one attached hydrogen (secondary N) is 1. The lowest BCUT2D eigenvalue weighted by Crippen LogP contribution is -2.53. The SMILES string of the molecule is O=C(NC1CS(=O)(=O)C1)c1cnc(C2=NOC(c3cc(Cl)cc(Cl)c3)(C(F)(F)F)C2)c2ccccc12. The Bertz CT molecular complexity index is 1510. The Morgan fingerprint density at radius 2 is 1.72 bits per heavy atom. The molecule has 3 aromatic rings. The zero-order valence-electron chi connectivity index (χ0n) is 18.1. The summed E-state index contributed by atoms with van der Waals surface area (Å²) in [5.41, 5.74) is -2.93. The molecule has 188 valence electrons. The molecule has 1 aromatic heterocycles. The van der Waals surface area contributed by atoms with Gasteiger partial charge in [-0.05, 0) is 23.6 Å². The third kappa shape index (κ3) is 4.29. The van der Waals surface area contributed by atoms with E-state index in [-0.39, 0.29) is 44.1 Å². The van der Waals surface area contributed by atoms with Gasteiger partial charge in [-0.25, -0.2) is 8.42 Å². The minimum Gasteiger partial charge on any atom is -0.374 e. The van der Waals surface area contributed by atoms with Crippen LogP contribution in [-0.2, 0) is 20.3 Å². The second-order valence-electron chi connectivity index (χ2n) is 8.60. The highest BCUT2D eigenvalue weighted by molar-refractivity contribution is 7.92. The van der Waals surface area contributed by atoms with Gasteiger partial charge in [0.05, 0.1) is 35.2 Å². The van der Waals surface area contributed by atoms with Gasteiger partial charge in [-0.2, -0.15) is 13.2 Å². The quantitative estimate of drug-likeness (QED) is 0.503. The maximum absolute atomic E-state index is 14.4. The van der Waals surface area contributed by atoms with Gasteiger partial charge in [0.15, 0.2) is 9.84 Å². The molecule has 0 spiro atoms. The average molecular weight is 558 g/mol. The van der Waals surface area contributed by atoms with Crippen molar-refractivity contribution in [3.05, 3.63) is 75.5 Å². The number of halogens is 5. The Hall–Kier alpha value is -2.89. The number of carbonyl (C=O) groups excluding carboxylic acids is 1. The van der Waals surface area contributed by atoms with Gasteiger partial charge in [-0.15, -0.1) is 0 Å². The third-order valence-corrected chi connectivity index (χ3v) is 8.33. The van der Waals surface area contributed by atoms with E-state index in [0.29, 0.717) is 10.8 Å². The second kappa shape index (κ2) is 8.60. The second-order valence-corrected chi connectivity index (χ2v) is 11.6. The summed E-state index contributed by atoms with van der Waals surface area (Å²) < 4.78 is 65.9. The summed E-state index contributed by atoms with van der Waals surface area (Å²) in [6.45, 7) is 0. The lowest BCUT2D eigenvalue weighted by Gasteiger charge is -2.29. The van der Waals surface area contributed by atoms with Gasteiger partial charge in [0.2, 0.25) is 0 Å². The first-order valence-electron chi connectivity index (χ1n) is 10.6. The van der Waals surface area contributed by atoms with Crippen LogP contribution in [0, 0.1) is 0 Å². The van der Waals surface area contributed by atoms with Crippen LogP contribution in [0.25, 0.3) is 10.8 Å². The number of fused-ring (bicyclic) bond motifs is 1. The van der Waals surface area contributed by atoms with Crippen molar-refractivity contribution in [1.82, 2.24) is 10.3 Å². The van der Waals surface area contributed by atoms with Crippen molar-refractivity contribution in [2.24, 2.45) is 5.16 Å². The number of sulfone groups is 1. The van der Waals surface area contributed by atoms with Gasteiger partial charge in [-0.3, -0.25) is 9.78 Å². The molecule has 2 aromatic carbocycles. The summed E-state index contributed by atoms with van der Waals surface area (Å²) in [7, 11) is -3.14. The van der Waals surface area contributed by atoms with E-state index in [1.165, 1.54) is 12.3 Å². The molecule has 1 saturated heterocycles. The molecule has 0 bridgehead atoms. The largest absolute Gasteiger partial charge is 0.435 e. The molecule has 1 amide bonds. The van der Waals surface area contributed by atoms with E-state index < -0.39 is 40.0 Å². The van der Waals surface area contributed by atoms with E-state index in [0.717, 1.165) is 12.1 Å². The van der Waals surface area contributed by atoms with E-state index in [2.05, 4.69) is 15.5 Å². The molecule has 1 atom stereocenters. The van der Waals surface area contributed by atoms with Crippen molar-refractivity contribution in [2.75, 3.05) is 11.5 Å². The molecule has 5 rings (SSSR count). The van der Waals surface area contributed by atoms with Gasteiger partial charge < -0.3 is 10.2 Å². The summed E-state index contributed by atoms with van der Waals surface area (Å²) in [5.74, 6) is -0.833. The molecule has 0 radical (unpaired) electrons. The van der Waals surface area contributed by atoms with Crippen molar-refractivity contribution >= 4 is 55.4 Å². The fraction of sp³-hybridized carbons (Fsp3) is 0.261. The molecule has 3 heterocycles. The van der Waals surface area contributed by atoms with Crippen molar-refractivity contribution in [3.63, 3.8) is 0 Å². The summed E-state index contributed by atoms with van der Waals surface area (Å²) in [6.07, 6.45) is -4.34. The van der Waals surface area contributed by atoms with E-state index >= 15 is 0 Å². The average Bonchev–Trinajstić information content (AvgIpc) is 3.23. The highest BCUT2D eigenvalue weighted by Gasteiger charge is 2.62. The summed E-state index contributed by atoms with van der Waals surface area (Å²) in [4.78, 5) is 22.1. The first kappa shape index (κ1) is 24.8. The standard InChI is InChI=1S/C23H16Cl2F3N3O4S/c24-13-5-12(6-14(25)7-13)22(23(26,27)28)8-19(31-35-22)20-17-4-2-1-3-16(17)18(9-29-20)21(32)30-15-10-36(33,34)11-15/h1-7,9,15H,8,10-11H2,(H,30,32). The van der Waals surface area contributed by atoms with Crippen LogP contribution in [0.2, 0.25) is 10.0 Å². The van der Waals surface area contributed by atoms with Gasteiger partial charge in [0.1, 0.15) is 5.71 Å². The van der Waals surface area contributed by atoms with Crippen LogP contribution >= 0.6 is 23.2 Å². The minimum atomic E-state index is -4.87. The molecule has 2 aliphatic heterocycles. The van der Waals surface area contributed by atoms with Crippen LogP contribution in [-0.4, -0.2) is 48.7 Å². The number of amides is 1. The van der Waals surface area contributed by atoms with Crippen molar-refractivity contribution in [2.45, 2.75) is 24.2 Å². The van der Waals surface area contributed by atoms with Crippen LogP contribution in [0.1, 0.15) is 28.0 Å². The summed E-state index contributed by atoms with van der Waals surface area (Å²) in [6, 6.07) is 9.59. The number of hydrogen-bond acceptors (Lipinski definition) is 6. The van der Waals surface area contributed by atoms with Crippen LogP contribution in [0.5, 0.6) is 0 Å². The molecule has 7 nitrogen and oxygen atoms in total.